The molecule has 16 nitrogen and oxygen atoms in total. The zero-order valence-corrected chi connectivity index (χ0v) is 60.8. The molecule has 3 heterocycles. The first kappa shape index (κ1) is 71.0. The number of nitriles is 2. The number of carbonyl (C=O) groups is 4. The molecular formula is C98H62N8O8. The Morgan fingerprint density at radius 3 is 0.965 bits per heavy atom. The molecule has 3 aromatic heterocycles. The number of hydrogen-bond acceptors (Lipinski definition) is 13. The van der Waals surface area contributed by atoms with Crippen LogP contribution in [0.25, 0.3) is 127 Å². The lowest BCUT2D eigenvalue weighted by molar-refractivity contribution is 0.0464. The molecule has 16 heteroatoms. The number of benzene rings is 14. The second kappa shape index (κ2) is 31.3. The predicted molar refractivity (Wildman–Crippen MR) is 439 cm³/mol. The minimum atomic E-state index is -0.562. The van der Waals surface area contributed by atoms with Crippen molar-refractivity contribution in [2.45, 2.75) is 26.4 Å². The molecule has 17 rings (SSSR count). The van der Waals surface area contributed by atoms with Crippen molar-refractivity contribution in [3.8, 4) is 91.1 Å². The van der Waals surface area contributed by atoms with Crippen molar-refractivity contribution in [3.05, 3.63) is 395 Å². The van der Waals surface area contributed by atoms with Gasteiger partial charge in [0, 0.05) is 38.2 Å². The Morgan fingerprint density at radius 1 is 0.307 bits per heavy atom. The largest absolute Gasteiger partial charge is 0.457 e. The molecule has 114 heavy (non-hydrogen) atoms. The third-order valence-electron chi connectivity index (χ3n) is 20.0. The van der Waals surface area contributed by atoms with Gasteiger partial charge in [0.15, 0.2) is 23.2 Å². The van der Waals surface area contributed by atoms with Crippen LogP contribution in [0.1, 0.15) is 74.8 Å². The highest BCUT2D eigenvalue weighted by molar-refractivity contribution is 6.15. The van der Waals surface area contributed by atoms with E-state index < -0.39 is 23.9 Å². The molecule has 0 aliphatic rings. The third-order valence-corrected chi connectivity index (χ3v) is 20.0. The van der Waals surface area contributed by atoms with Gasteiger partial charge in [-0.05, 0) is 189 Å². The van der Waals surface area contributed by atoms with Gasteiger partial charge in [-0.1, -0.05) is 194 Å². The van der Waals surface area contributed by atoms with Crippen molar-refractivity contribution in [1.82, 2.24) is 24.1 Å². The minimum absolute atomic E-state index is 0.0295. The van der Waals surface area contributed by atoms with Crippen molar-refractivity contribution in [1.29, 1.82) is 10.5 Å². The summed E-state index contributed by atoms with van der Waals surface area (Å²) in [4.78, 5) is 77.9. The Labute approximate surface area is 654 Å². The van der Waals surface area contributed by atoms with Crippen LogP contribution in [0.15, 0.2) is 328 Å². The molecule has 0 bridgehead atoms. The second-order valence-electron chi connectivity index (χ2n) is 27.2. The van der Waals surface area contributed by atoms with Gasteiger partial charge in [-0.3, -0.25) is 0 Å². The minimum Gasteiger partial charge on any atom is -0.457 e. The van der Waals surface area contributed by atoms with Crippen LogP contribution in [0.4, 0.5) is 5.69 Å². The number of ether oxygens (including phenoxy) is 4. The maximum atomic E-state index is 14.3. The summed E-state index contributed by atoms with van der Waals surface area (Å²) in [7, 11) is 0. The molecule has 0 aliphatic heterocycles. The van der Waals surface area contributed by atoms with E-state index in [1.165, 1.54) is 0 Å². The highest BCUT2D eigenvalue weighted by Crippen LogP contribution is 2.43. The number of rotatable bonds is 20. The number of nitrogens with zero attached hydrogens (tertiary/aromatic N) is 8. The van der Waals surface area contributed by atoms with E-state index in [1.54, 1.807) is 66.7 Å². The topological polar surface area (TPSA) is 206 Å². The zero-order chi connectivity index (χ0) is 77.6. The van der Waals surface area contributed by atoms with Crippen LogP contribution in [0.5, 0.6) is 0 Å². The smallest absolute Gasteiger partial charge is 0.338 e. The first-order chi connectivity index (χ1) is 56.0. The molecule has 0 saturated heterocycles. The summed E-state index contributed by atoms with van der Waals surface area (Å²) >= 11 is 0. The molecule has 0 atom stereocenters. The van der Waals surface area contributed by atoms with Crippen molar-refractivity contribution >= 4 is 73.2 Å². The predicted octanol–water partition coefficient (Wildman–Crippen LogP) is 21.8. The van der Waals surface area contributed by atoms with E-state index in [0.717, 1.165) is 38.9 Å². The van der Waals surface area contributed by atoms with Gasteiger partial charge in [0.1, 0.15) is 26.4 Å². The van der Waals surface area contributed by atoms with E-state index in [9.17, 15) is 29.7 Å². The van der Waals surface area contributed by atoms with Crippen LogP contribution in [0, 0.1) is 29.2 Å². The van der Waals surface area contributed by atoms with Gasteiger partial charge in [-0.15, -0.1) is 0 Å². The maximum absolute atomic E-state index is 14.3. The molecule has 0 saturated carbocycles. The van der Waals surface area contributed by atoms with E-state index >= 15 is 0 Å². The average molecular weight is 1480 g/mol. The van der Waals surface area contributed by atoms with Crippen LogP contribution in [0.2, 0.25) is 0 Å². The highest BCUT2D eigenvalue weighted by atomic mass is 16.5. The number of carbonyl (C=O) groups excluding carboxylic acids is 4. The third kappa shape index (κ3) is 14.6. The molecule has 0 aliphatic carbocycles. The first-order valence-corrected chi connectivity index (χ1v) is 36.6. The number of esters is 4. The number of hydrogen-bond donors (Lipinski definition) is 0. The second-order valence-corrected chi connectivity index (χ2v) is 27.2. The van der Waals surface area contributed by atoms with Gasteiger partial charge in [-0.25, -0.2) is 39.0 Å². The Hall–Kier alpha value is -16.0. The lowest BCUT2D eigenvalue weighted by Crippen LogP contribution is -2.07. The Bertz CT molecular complexity index is 6240. The molecule has 542 valence electrons. The van der Waals surface area contributed by atoms with Crippen LogP contribution in [-0.2, 0) is 45.4 Å². The summed E-state index contributed by atoms with van der Waals surface area (Å²) in [5.74, 6) is -1.64. The van der Waals surface area contributed by atoms with Crippen LogP contribution in [0.3, 0.4) is 0 Å². The van der Waals surface area contributed by atoms with E-state index in [0.29, 0.717) is 105 Å². The fourth-order valence-corrected chi connectivity index (χ4v) is 14.4. The van der Waals surface area contributed by atoms with Gasteiger partial charge in [0.2, 0.25) is 0 Å². The van der Waals surface area contributed by atoms with Crippen molar-refractivity contribution in [3.63, 3.8) is 0 Å². The summed E-state index contributed by atoms with van der Waals surface area (Å²) in [5.41, 5.74) is 15.2. The average Bonchev–Trinajstić information content (AvgIpc) is 1.58. The molecule has 0 N–H and O–H groups in total. The van der Waals surface area contributed by atoms with Gasteiger partial charge >= 0.3 is 23.9 Å². The summed E-state index contributed by atoms with van der Waals surface area (Å²) in [6, 6.07) is 105. The van der Waals surface area contributed by atoms with E-state index in [2.05, 4.69) is 17.0 Å². The maximum Gasteiger partial charge on any atom is 0.338 e. The van der Waals surface area contributed by atoms with Crippen molar-refractivity contribution in [2.24, 2.45) is 0 Å². The first-order valence-electron chi connectivity index (χ1n) is 36.6. The number of aromatic nitrogens is 5. The molecule has 0 amide bonds. The fraction of sp³-hybridized carbons (Fsp3) is 0.0408. The van der Waals surface area contributed by atoms with Crippen molar-refractivity contribution in [2.75, 3.05) is 0 Å². The van der Waals surface area contributed by atoms with Crippen LogP contribution < -0.4 is 0 Å². The molecule has 14 aromatic carbocycles. The fourth-order valence-electron chi connectivity index (χ4n) is 14.4. The Balaban J connectivity index is 0.916. The molecule has 0 spiro atoms. The Morgan fingerprint density at radius 2 is 0.614 bits per heavy atom. The highest BCUT2D eigenvalue weighted by Gasteiger charge is 2.27. The zero-order valence-electron chi connectivity index (χ0n) is 60.8. The van der Waals surface area contributed by atoms with Gasteiger partial charge < -0.3 is 28.1 Å². The summed E-state index contributed by atoms with van der Waals surface area (Å²) in [6.07, 6.45) is 0. The van der Waals surface area contributed by atoms with Crippen LogP contribution >= 0.6 is 0 Å². The van der Waals surface area contributed by atoms with Crippen molar-refractivity contribution < 1.29 is 38.1 Å². The number of fused-ring (bicyclic) bond motifs is 6. The monoisotopic (exact) mass is 1480 g/mol. The molecule has 0 radical (unpaired) electrons. The summed E-state index contributed by atoms with van der Waals surface area (Å²) < 4.78 is 27.9. The SMILES string of the molecule is [C-]#[N+]c1cccc(-c2ccc(-n3c4ccc(C(=O)OCc5ccccc5)cc4c4cc(C(=O)OCc5ccccc5)ccc43)c(-c3nc(-c4cccc(-c5cccc(C#N)c5)c4)nc(-c4cc(-c5cccc(C#N)c5)ccc4-n4c5ccc(C(=O)OCc6ccccc6)cc5c5cc(C(=O)OCc6ccccc6)ccc54)n3)c2)c1. The summed E-state index contributed by atoms with van der Waals surface area (Å²) in [6.45, 7) is 8.25. The van der Waals surface area contributed by atoms with E-state index in [4.69, 9.17) is 40.5 Å². The quantitative estimate of drug-likeness (QED) is 0.0396. The van der Waals surface area contributed by atoms with Gasteiger partial charge in [-0.2, -0.15) is 10.5 Å². The standard InChI is InChI=1S/C98H62N8O8/c1-101-79-33-17-31-71(49-79)73-35-41-91(106-88-44-38-77(97(109)113-60-64-22-10-4-11-23-64)54-82(88)83-55-78(39-45-89(83)106)98(110)114-61-65-24-12-5-13-25-65)85(51-73)94-103-92(74-32-16-30-70(48-74)68-28-14-26-66(46-68)56-99)102-93(104-94)84-50-72(69-29-15-27-67(47-69)57-100)34-40-90(84)105-86-42-36-75(95(107)111-58-62-18-6-2-7-19-62)52-80(86)81-53-76(37-43-87(81)105)96(108)112-59-63-20-8-3-9-21-63/h2-55H,58-61H2. The van der Waals surface area contributed by atoms with E-state index in [-0.39, 0.29) is 66.2 Å². The molecule has 0 unspecified atom stereocenters. The summed E-state index contributed by atoms with van der Waals surface area (Å²) in [5, 5.41) is 22.9. The van der Waals surface area contributed by atoms with Crippen LogP contribution in [-0.4, -0.2) is 48.0 Å². The normalized spacial score (nSPS) is 11.1. The lowest BCUT2D eigenvalue weighted by atomic mass is 9.98. The van der Waals surface area contributed by atoms with E-state index in [1.807, 2.05) is 270 Å². The lowest BCUT2D eigenvalue weighted by Gasteiger charge is -2.18. The molecular weight excluding hydrogens is 1420 g/mol. The van der Waals surface area contributed by atoms with Gasteiger partial charge in [0.25, 0.3) is 0 Å². The van der Waals surface area contributed by atoms with Gasteiger partial charge in [0.05, 0.1) is 85.5 Å². The molecule has 0 fully saturated rings. The molecule has 17 aromatic rings. The Kier molecular flexibility index (Phi) is 19.5.